The molecule has 0 spiro atoms. The van der Waals surface area contributed by atoms with Gasteiger partial charge in [0.05, 0.1) is 12.6 Å². The molecule has 0 radical (unpaired) electrons. The molecule has 1 aromatic heterocycles. The van der Waals surface area contributed by atoms with Gasteiger partial charge in [-0.25, -0.2) is 4.68 Å². The molecule has 0 N–H and O–H groups in total. The van der Waals surface area contributed by atoms with E-state index in [-0.39, 0.29) is 0 Å². The summed E-state index contributed by atoms with van der Waals surface area (Å²) < 4.78 is 8.73. The molecular formula is C14H17BrN4OS. The van der Waals surface area contributed by atoms with Crippen molar-refractivity contribution in [2.24, 2.45) is 0 Å². The molecule has 1 heterocycles. The molecule has 1 aromatic carbocycles. The van der Waals surface area contributed by atoms with Gasteiger partial charge in [-0.05, 0) is 41.5 Å². The first-order valence-corrected chi connectivity index (χ1v) is 8.90. The minimum Gasteiger partial charge on any atom is -0.493 e. The first kappa shape index (κ1) is 14.8. The van der Waals surface area contributed by atoms with Crippen LogP contribution in [0, 0.1) is 0 Å². The highest BCUT2D eigenvalue weighted by atomic mass is 79.9. The zero-order valence-electron chi connectivity index (χ0n) is 11.6. The Kier molecular flexibility index (Phi) is 5.13. The van der Waals surface area contributed by atoms with Gasteiger partial charge < -0.3 is 4.74 Å². The number of thioether (sulfide) groups is 1. The van der Waals surface area contributed by atoms with Gasteiger partial charge in [-0.2, -0.15) is 0 Å². The van der Waals surface area contributed by atoms with Crippen molar-refractivity contribution in [2.45, 2.75) is 36.9 Å². The molecule has 7 heteroatoms. The number of hydrogen-bond acceptors (Lipinski definition) is 5. The van der Waals surface area contributed by atoms with E-state index >= 15 is 0 Å². The Morgan fingerprint density at radius 2 is 2.19 bits per heavy atom. The minimum atomic E-state index is 0.480. The fourth-order valence-corrected chi connectivity index (χ4v) is 3.65. The van der Waals surface area contributed by atoms with Crippen LogP contribution in [0.15, 0.2) is 33.9 Å². The highest BCUT2D eigenvalue weighted by Gasteiger charge is 2.21. The highest BCUT2D eigenvalue weighted by Crippen LogP contribution is 2.31. The molecule has 3 rings (SSSR count). The Morgan fingerprint density at radius 1 is 1.33 bits per heavy atom. The summed E-state index contributed by atoms with van der Waals surface area (Å²) in [6.45, 7) is 0.638. The summed E-state index contributed by atoms with van der Waals surface area (Å²) in [6.07, 6.45) is 4.93. The third kappa shape index (κ3) is 3.97. The van der Waals surface area contributed by atoms with Gasteiger partial charge in [-0.15, -0.1) is 5.10 Å². The second kappa shape index (κ2) is 7.26. The van der Waals surface area contributed by atoms with E-state index in [2.05, 4.69) is 31.5 Å². The number of halogens is 1. The van der Waals surface area contributed by atoms with Crippen molar-refractivity contribution in [1.29, 1.82) is 0 Å². The molecule has 0 atom stereocenters. The van der Waals surface area contributed by atoms with Crippen LogP contribution in [-0.2, 0) is 0 Å². The average molecular weight is 369 g/mol. The molecular weight excluding hydrogens is 352 g/mol. The van der Waals surface area contributed by atoms with Crippen LogP contribution in [0.4, 0.5) is 0 Å². The van der Waals surface area contributed by atoms with Crippen LogP contribution < -0.4 is 4.74 Å². The van der Waals surface area contributed by atoms with Crippen LogP contribution in [0.3, 0.4) is 0 Å². The molecule has 1 fully saturated rings. The first-order valence-electron chi connectivity index (χ1n) is 7.12. The number of ether oxygens (including phenoxy) is 1. The maximum absolute atomic E-state index is 5.72. The summed E-state index contributed by atoms with van der Waals surface area (Å²) in [6, 6.07) is 8.35. The molecule has 112 valence electrons. The Morgan fingerprint density at radius 3 is 3.00 bits per heavy atom. The van der Waals surface area contributed by atoms with Gasteiger partial charge in [0.15, 0.2) is 0 Å². The summed E-state index contributed by atoms with van der Waals surface area (Å²) in [5.41, 5.74) is 0. The van der Waals surface area contributed by atoms with Gasteiger partial charge in [0.2, 0.25) is 5.16 Å². The standard InChI is InChI=1S/C14H17BrN4OS/c15-11-4-3-7-13(10-11)20-8-9-21-14-16-17-18-19(14)12-5-1-2-6-12/h3-4,7,10,12H,1-2,5-6,8-9H2. The minimum absolute atomic E-state index is 0.480. The lowest BCUT2D eigenvalue weighted by molar-refractivity contribution is 0.343. The average Bonchev–Trinajstić information content (AvgIpc) is 3.14. The van der Waals surface area contributed by atoms with Crippen molar-refractivity contribution >= 4 is 27.7 Å². The van der Waals surface area contributed by atoms with Gasteiger partial charge in [0.1, 0.15) is 5.75 Å². The van der Waals surface area contributed by atoms with E-state index in [1.54, 1.807) is 11.8 Å². The number of benzene rings is 1. The van der Waals surface area contributed by atoms with Crippen LogP contribution in [0.25, 0.3) is 0 Å². The van der Waals surface area contributed by atoms with Crippen molar-refractivity contribution < 1.29 is 4.74 Å². The first-order chi connectivity index (χ1) is 10.3. The molecule has 0 aliphatic heterocycles. The molecule has 1 aliphatic carbocycles. The van der Waals surface area contributed by atoms with Gasteiger partial charge in [-0.3, -0.25) is 0 Å². The smallest absolute Gasteiger partial charge is 0.209 e. The summed E-state index contributed by atoms with van der Waals surface area (Å²) in [7, 11) is 0. The van der Waals surface area contributed by atoms with Crippen molar-refractivity contribution in [3.63, 3.8) is 0 Å². The third-order valence-electron chi connectivity index (χ3n) is 3.51. The van der Waals surface area contributed by atoms with Crippen LogP contribution in [0.2, 0.25) is 0 Å². The van der Waals surface area contributed by atoms with Gasteiger partial charge in [-0.1, -0.05) is 46.6 Å². The highest BCUT2D eigenvalue weighted by molar-refractivity contribution is 9.10. The lowest BCUT2D eigenvalue weighted by Gasteiger charge is -2.11. The molecule has 1 aliphatic rings. The maximum atomic E-state index is 5.72. The van der Waals surface area contributed by atoms with Gasteiger partial charge in [0.25, 0.3) is 0 Å². The second-order valence-corrected chi connectivity index (χ2v) is 6.98. The normalized spacial score (nSPS) is 15.5. The lowest BCUT2D eigenvalue weighted by atomic mass is 10.3. The van der Waals surface area contributed by atoms with Crippen LogP contribution >= 0.6 is 27.7 Å². The monoisotopic (exact) mass is 368 g/mol. The SMILES string of the molecule is Brc1cccc(OCCSc2nnnn2C2CCCC2)c1. The molecule has 21 heavy (non-hydrogen) atoms. The Labute approximate surface area is 136 Å². The van der Waals surface area contributed by atoms with E-state index in [0.717, 1.165) is 21.1 Å². The van der Waals surface area contributed by atoms with Crippen LogP contribution in [0.1, 0.15) is 31.7 Å². The molecule has 0 amide bonds. The summed E-state index contributed by atoms with van der Waals surface area (Å²) in [5, 5.41) is 13.0. The van der Waals surface area contributed by atoms with E-state index in [4.69, 9.17) is 4.74 Å². The van der Waals surface area contributed by atoms with E-state index in [1.165, 1.54) is 25.7 Å². The Bertz CT molecular complexity index is 586. The zero-order valence-corrected chi connectivity index (χ0v) is 14.0. The largest absolute Gasteiger partial charge is 0.493 e. The predicted octanol–water partition coefficient (Wildman–Crippen LogP) is 3.72. The number of tetrazole rings is 1. The van der Waals surface area contributed by atoms with E-state index < -0.39 is 0 Å². The predicted molar refractivity (Wildman–Crippen MR) is 85.7 cm³/mol. The maximum Gasteiger partial charge on any atom is 0.209 e. The number of rotatable bonds is 6. The molecule has 2 aromatic rings. The van der Waals surface area contributed by atoms with Crippen molar-refractivity contribution in [1.82, 2.24) is 20.2 Å². The molecule has 5 nitrogen and oxygen atoms in total. The zero-order chi connectivity index (χ0) is 14.5. The Hall–Kier alpha value is -1.08. The summed E-state index contributed by atoms with van der Waals surface area (Å²) in [4.78, 5) is 0. The van der Waals surface area contributed by atoms with Crippen LogP contribution in [0.5, 0.6) is 5.75 Å². The summed E-state index contributed by atoms with van der Waals surface area (Å²) >= 11 is 5.09. The molecule has 0 saturated heterocycles. The van der Waals surface area contributed by atoms with Crippen molar-refractivity contribution in [3.8, 4) is 5.75 Å². The molecule has 0 unspecified atom stereocenters. The molecule has 1 saturated carbocycles. The van der Waals surface area contributed by atoms with Gasteiger partial charge in [0, 0.05) is 10.2 Å². The quantitative estimate of drug-likeness (QED) is 0.574. The van der Waals surface area contributed by atoms with Gasteiger partial charge >= 0.3 is 0 Å². The topological polar surface area (TPSA) is 52.8 Å². The number of aromatic nitrogens is 4. The third-order valence-corrected chi connectivity index (χ3v) is 4.90. The Balaban J connectivity index is 1.48. The lowest BCUT2D eigenvalue weighted by Crippen LogP contribution is -2.09. The molecule has 0 bridgehead atoms. The fourth-order valence-electron chi connectivity index (χ4n) is 2.51. The van der Waals surface area contributed by atoms with Crippen LogP contribution in [-0.4, -0.2) is 32.6 Å². The summed E-state index contributed by atoms with van der Waals surface area (Å²) in [5.74, 6) is 1.71. The second-order valence-electron chi connectivity index (χ2n) is 5.00. The van der Waals surface area contributed by atoms with E-state index in [9.17, 15) is 0 Å². The van der Waals surface area contributed by atoms with Crippen molar-refractivity contribution in [2.75, 3.05) is 12.4 Å². The van der Waals surface area contributed by atoms with E-state index in [1.807, 2.05) is 28.9 Å². The van der Waals surface area contributed by atoms with E-state index in [0.29, 0.717) is 12.6 Å². The number of nitrogens with zero attached hydrogens (tertiary/aromatic N) is 4. The number of hydrogen-bond donors (Lipinski definition) is 0. The fraction of sp³-hybridized carbons (Fsp3) is 0.500. The van der Waals surface area contributed by atoms with Crippen molar-refractivity contribution in [3.05, 3.63) is 28.7 Å².